The van der Waals surface area contributed by atoms with Gasteiger partial charge in [0.2, 0.25) is 5.76 Å². The zero-order valence-corrected chi connectivity index (χ0v) is 17.0. The van der Waals surface area contributed by atoms with E-state index in [1.54, 1.807) is 17.2 Å². The molecular formula is C25H20N2O3. The van der Waals surface area contributed by atoms with Crippen LogP contribution in [-0.2, 0) is 0 Å². The molecule has 5 heteroatoms. The number of carbonyl (C=O) groups excluding carboxylic acids is 1. The highest BCUT2D eigenvalue weighted by molar-refractivity contribution is 6.10. The minimum Gasteiger partial charge on any atom is -0.450 e. The molecular weight excluding hydrogens is 376 g/mol. The summed E-state index contributed by atoms with van der Waals surface area (Å²) >= 11 is 0. The van der Waals surface area contributed by atoms with E-state index in [1.165, 1.54) is 0 Å². The van der Waals surface area contributed by atoms with Crippen molar-refractivity contribution in [3.05, 3.63) is 105 Å². The van der Waals surface area contributed by atoms with Gasteiger partial charge in [-0.2, -0.15) is 0 Å². The molecule has 0 radical (unpaired) electrons. The average Bonchev–Trinajstić information content (AvgIpc) is 3.02. The Morgan fingerprint density at radius 3 is 2.30 bits per heavy atom. The highest BCUT2D eigenvalue weighted by Crippen LogP contribution is 2.40. The third-order valence-corrected chi connectivity index (χ3v) is 5.57. The molecule has 5 rings (SSSR count). The zero-order chi connectivity index (χ0) is 21.0. The largest absolute Gasteiger partial charge is 0.450 e. The van der Waals surface area contributed by atoms with Gasteiger partial charge in [-0.25, -0.2) is 4.98 Å². The van der Waals surface area contributed by atoms with Crippen molar-refractivity contribution in [2.24, 2.45) is 0 Å². The van der Waals surface area contributed by atoms with Gasteiger partial charge in [0, 0.05) is 6.20 Å². The molecule has 0 bridgehead atoms. The molecule has 0 saturated carbocycles. The lowest BCUT2D eigenvalue weighted by Crippen LogP contribution is -2.30. The quantitative estimate of drug-likeness (QED) is 0.485. The van der Waals surface area contributed by atoms with Crippen molar-refractivity contribution in [1.82, 2.24) is 4.98 Å². The first-order chi connectivity index (χ1) is 14.4. The van der Waals surface area contributed by atoms with Crippen LogP contribution >= 0.6 is 0 Å². The Kier molecular flexibility index (Phi) is 4.07. The fraction of sp³-hybridized carbons (Fsp3) is 0.160. The summed E-state index contributed by atoms with van der Waals surface area (Å²) in [7, 11) is 0. The molecule has 2 aromatic carbocycles. The molecule has 1 atom stereocenters. The Bertz CT molecular complexity index is 1370. The third-order valence-electron chi connectivity index (χ3n) is 5.57. The van der Waals surface area contributed by atoms with Crippen LogP contribution in [-0.4, -0.2) is 10.9 Å². The standard InChI is InChI=1S/C25H20N2O3/c1-14-4-7-17(8-5-14)22-21-23(28)18-12-15(2)6-9-19(18)30-24(21)25(29)27(22)20-13-16(3)10-11-26-20/h4-13,22H,1-3H3/t22-/m0/s1. The van der Waals surface area contributed by atoms with Gasteiger partial charge in [-0.15, -0.1) is 0 Å². The van der Waals surface area contributed by atoms with Gasteiger partial charge in [0.25, 0.3) is 5.91 Å². The molecule has 2 aromatic heterocycles. The number of hydrogen-bond acceptors (Lipinski definition) is 4. The number of pyridine rings is 1. The predicted molar refractivity (Wildman–Crippen MR) is 116 cm³/mol. The second-order valence-corrected chi connectivity index (χ2v) is 7.85. The first-order valence-corrected chi connectivity index (χ1v) is 9.84. The predicted octanol–water partition coefficient (Wildman–Crippen LogP) is 4.86. The number of benzene rings is 2. The minimum absolute atomic E-state index is 0.0882. The third kappa shape index (κ3) is 2.74. The monoisotopic (exact) mass is 396 g/mol. The van der Waals surface area contributed by atoms with Crippen molar-refractivity contribution in [2.45, 2.75) is 26.8 Å². The second-order valence-electron chi connectivity index (χ2n) is 7.85. The lowest BCUT2D eigenvalue weighted by atomic mass is 9.97. The molecule has 5 nitrogen and oxygen atoms in total. The van der Waals surface area contributed by atoms with E-state index in [9.17, 15) is 9.59 Å². The first kappa shape index (κ1) is 18.3. The molecule has 0 saturated heterocycles. The maximum Gasteiger partial charge on any atom is 0.296 e. The van der Waals surface area contributed by atoms with Crippen LogP contribution in [0.15, 0.2) is 70.0 Å². The van der Waals surface area contributed by atoms with Crippen molar-refractivity contribution in [3.8, 4) is 0 Å². The van der Waals surface area contributed by atoms with Gasteiger partial charge in [-0.05, 0) is 56.2 Å². The summed E-state index contributed by atoms with van der Waals surface area (Å²) in [6, 6.07) is 16.4. The van der Waals surface area contributed by atoms with Crippen molar-refractivity contribution < 1.29 is 9.21 Å². The lowest BCUT2D eigenvalue weighted by molar-refractivity contribution is 0.0970. The highest BCUT2D eigenvalue weighted by Gasteiger charge is 2.44. The van der Waals surface area contributed by atoms with Gasteiger partial charge < -0.3 is 4.42 Å². The van der Waals surface area contributed by atoms with E-state index >= 15 is 0 Å². The highest BCUT2D eigenvalue weighted by atomic mass is 16.3. The molecule has 0 fully saturated rings. The van der Waals surface area contributed by atoms with E-state index in [0.29, 0.717) is 22.4 Å². The summed E-state index contributed by atoms with van der Waals surface area (Å²) in [5.41, 5.74) is 4.49. The summed E-state index contributed by atoms with van der Waals surface area (Å²) in [6.07, 6.45) is 1.67. The summed E-state index contributed by atoms with van der Waals surface area (Å²) in [6.45, 7) is 5.87. The van der Waals surface area contributed by atoms with Crippen molar-refractivity contribution in [3.63, 3.8) is 0 Å². The van der Waals surface area contributed by atoms with Crippen molar-refractivity contribution >= 4 is 22.7 Å². The second kappa shape index (κ2) is 6.66. The van der Waals surface area contributed by atoms with E-state index in [-0.39, 0.29) is 17.1 Å². The number of hydrogen-bond donors (Lipinski definition) is 0. The van der Waals surface area contributed by atoms with Crippen molar-refractivity contribution in [1.29, 1.82) is 0 Å². The number of fused-ring (bicyclic) bond motifs is 2. The molecule has 0 spiro atoms. The smallest absolute Gasteiger partial charge is 0.296 e. The molecule has 0 aliphatic carbocycles. The number of aryl methyl sites for hydroxylation is 3. The van der Waals surface area contributed by atoms with Gasteiger partial charge in [0.1, 0.15) is 11.4 Å². The number of carbonyl (C=O) groups is 1. The maximum absolute atomic E-state index is 13.6. The Labute approximate surface area is 173 Å². The van der Waals surface area contributed by atoms with Crippen LogP contribution in [0.3, 0.4) is 0 Å². The Balaban J connectivity index is 1.83. The van der Waals surface area contributed by atoms with Crippen molar-refractivity contribution in [2.75, 3.05) is 4.90 Å². The Morgan fingerprint density at radius 1 is 0.867 bits per heavy atom. The van der Waals surface area contributed by atoms with Crippen LogP contribution in [0.5, 0.6) is 0 Å². The van der Waals surface area contributed by atoms with E-state index < -0.39 is 6.04 Å². The Hall–Kier alpha value is -3.73. The fourth-order valence-corrected chi connectivity index (χ4v) is 4.04. The SMILES string of the molecule is Cc1ccc([C@H]2c3c(oc4ccc(C)cc4c3=O)C(=O)N2c2cc(C)ccn2)cc1. The van der Waals surface area contributed by atoms with E-state index in [0.717, 1.165) is 22.3 Å². The summed E-state index contributed by atoms with van der Waals surface area (Å²) < 4.78 is 5.99. The number of aromatic nitrogens is 1. The zero-order valence-electron chi connectivity index (χ0n) is 17.0. The fourth-order valence-electron chi connectivity index (χ4n) is 4.04. The first-order valence-electron chi connectivity index (χ1n) is 9.84. The normalized spacial score (nSPS) is 15.6. The maximum atomic E-state index is 13.6. The van der Waals surface area contributed by atoms with Crippen LogP contribution in [0.25, 0.3) is 11.0 Å². The lowest BCUT2D eigenvalue weighted by Gasteiger charge is -2.24. The molecule has 4 aromatic rings. The molecule has 148 valence electrons. The number of nitrogens with zero attached hydrogens (tertiary/aromatic N) is 2. The average molecular weight is 396 g/mol. The Morgan fingerprint density at radius 2 is 1.57 bits per heavy atom. The molecule has 1 aliphatic rings. The minimum atomic E-state index is -0.594. The molecule has 1 aliphatic heterocycles. The van der Waals surface area contributed by atoms with Gasteiger partial charge in [0.15, 0.2) is 5.43 Å². The van der Waals surface area contributed by atoms with Crippen LogP contribution < -0.4 is 10.3 Å². The van der Waals surface area contributed by atoms with E-state index in [1.807, 2.05) is 69.3 Å². The van der Waals surface area contributed by atoms with Gasteiger partial charge in [-0.3, -0.25) is 14.5 Å². The van der Waals surface area contributed by atoms with E-state index in [2.05, 4.69) is 4.98 Å². The van der Waals surface area contributed by atoms with Crippen LogP contribution in [0.1, 0.15) is 44.4 Å². The number of amides is 1. The molecule has 0 unspecified atom stereocenters. The summed E-state index contributed by atoms with van der Waals surface area (Å²) in [5.74, 6) is 0.232. The van der Waals surface area contributed by atoms with Gasteiger partial charge >= 0.3 is 0 Å². The molecule has 30 heavy (non-hydrogen) atoms. The van der Waals surface area contributed by atoms with Gasteiger partial charge in [0.05, 0.1) is 17.0 Å². The molecule has 0 N–H and O–H groups in total. The molecule has 1 amide bonds. The van der Waals surface area contributed by atoms with Crippen LogP contribution in [0.2, 0.25) is 0 Å². The summed E-state index contributed by atoms with van der Waals surface area (Å²) in [4.78, 5) is 33.0. The van der Waals surface area contributed by atoms with Gasteiger partial charge in [-0.1, -0.05) is 41.5 Å². The topological polar surface area (TPSA) is 63.4 Å². The number of anilines is 1. The van der Waals surface area contributed by atoms with Crippen LogP contribution in [0.4, 0.5) is 5.82 Å². The summed E-state index contributed by atoms with van der Waals surface area (Å²) in [5, 5.41) is 0.484. The molecule has 3 heterocycles. The number of rotatable bonds is 2. The van der Waals surface area contributed by atoms with Crippen LogP contribution in [0, 0.1) is 20.8 Å². The van der Waals surface area contributed by atoms with E-state index in [4.69, 9.17) is 4.42 Å².